The predicted octanol–water partition coefficient (Wildman–Crippen LogP) is 2.47. The van der Waals surface area contributed by atoms with Crippen LogP contribution < -0.4 is 5.32 Å². The molecule has 0 bridgehead atoms. The second-order valence-corrected chi connectivity index (χ2v) is 6.01. The number of alkyl halides is 3. The number of aliphatic imine (C=N–C) groups is 1. The number of halogens is 4. The Balaban J connectivity index is 1.88. The first kappa shape index (κ1) is 18.5. The Morgan fingerprint density at radius 1 is 1.42 bits per heavy atom. The van der Waals surface area contributed by atoms with E-state index in [1.165, 1.54) is 17.0 Å². The van der Waals surface area contributed by atoms with Crippen LogP contribution >= 0.6 is 0 Å². The van der Waals surface area contributed by atoms with Crippen LogP contribution in [-0.4, -0.2) is 61.7 Å². The van der Waals surface area contributed by atoms with E-state index in [0.717, 1.165) is 5.56 Å². The molecule has 1 N–H and O–H groups in total. The summed E-state index contributed by atoms with van der Waals surface area (Å²) in [7, 11) is 3.43. The minimum Gasteiger partial charge on any atom is -0.352 e. The van der Waals surface area contributed by atoms with Crippen molar-refractivity contribution in [3.8, 4) is 0 Å². The Morgan fingerprint density at radius 2 is 2.17 bits per heavy atom. The maximum Gasteiger partial charge on any atom is 0.401 e. The fourth-order valence-corrected chi connectivity index (χ4v) is 2.86. The quantitative estimate of drug-likeness (QED) is 0.516. The van der Waals surface area contributed by atoms with Gasteiger partial charge in [0.05, 0.1) is 6.54 Å². The summed E-state index contributed by atoms with van der Waals surface area (Å²) in [6.07, 6.45) is -3.55. The van der Waals surface area contributed by atoms with E-state index in [4.69, 9.17) is 0 Å². The van der Waals surface area contributed by atoms with Crippen LogP contribution in [0.25, 0.3) is 0 Å². The number of nitrogens with one attached hydrogen (secondary N) is 1. The van der Waals surface area contributed by atoms with Crippen LogP contribution in [0, 0.1) is 5.82 Å². The fourth-order valence-electron chi connectivity index (χ4n) is 2.86. The van der Waals surface area contributed by atoms with E-state index in [1.54, 1.807) is 13.1 Å². The van der Waals surface area contributed by atoms with E-state index < -0.39 is 12.7 Å². The highest BCUT2D eigenvalue weighted by Gasteiger charge is 2.34. The van der Waals surface area contributed by atoms with E-state index in [-0.39, 0.29) is 11.9 Å². The van der Waals surface area contributed by atoms with E-state index in [0.29, 0.717) is 32.0 Å². The minimum absolute atomic E-state index is 0.0824. The van der Waals surface area contributed by atoms with Crippen LogP contribution in [-0.2, 0) is 6.54 Å². The second-order valence-electron chi connectivity index (χ2n) is 6.01. The number of nitrogens with zero attached hydrogens (tertiary/aromatic N) is 3. The lowest BCUT2D eigenvalue weighted by Gasteiger charge is -2.25. The van der Waals surface area contributed by atoms with Crippen molar-refractivity contribution in [3.05, 3.63) is 35.6 Å². The van der Waals surface area contributed by atoms with Crippen molar-refractivity contribution in [3.63, 3.8) is 0 Å². The van der Waals surface area contributed by atoms with Gasteiger partial charge < -0.3 is 10.2 Å². The molecule has 0 radical (unpaired) electrons. The van der Waals surface area contributed by atoms with Gasteiger partial charge in [0.1, 0.15) is 5.82 Å². The normalized spacial score (nSPS) is 19.6. The highest BCUT2D eigenvalue weighted by molar-refractivity contribution is 5.80. The molecule has 1 aromatic rings. The number of hydrogen-bond acceptors (Lipinski definition) is 2. The summed E-state index contributed by atoms with van der Waals surface area (Å²) in [5, 5.41) is 3.19. The monoisotopic (exact) mass is 346 g/mol. The van der Waals surface area contributed by atoms with Crippen molar-refractivity contribution >= 4 is 5.96 Å². The van der Waals surface area contributed by atoms with E-state index in [1.807, 2.05) is 18.0 Å². The third kappa shape index (κ3) is 5.67. The van der Waals surface area contributed by atoms with E-state index in [2.05, 4.69) is 10.3 Å². The van der Waals surface area contributed by atoms with Crippen LogP contribution in [0.5, 0.6) is 0 Å². The van der Waals surface area contributed by atoms with Gasteiger partial charge in [-0.25, -0.2) is 4.39 Å². The van der Waals surface area contributed by atoms with Crippen LogP contribution in [0.1, 0.15) is 12.0 Å². The summed E-state index contributed by atoms with van der Waals surface area (Å²) in [6, 6.07) is 6.20. The van der Waals surface area contributed by atoms with Gasteiger partial charge in [-0.1, -0.05) is 12.1 Å². The van der Waals surface area contributed by atoms with Crippen molar-refractivity contribution in [2.45, 2.75) is 25.2 Å². The molecule has 1 aromatic carbocycles. The molecule has 0 aliphatic carbocycles. The molecule has 1 atom stereocenters. The maximum absolute atomic E-state index is 13.2. The summed E-state index contributed by atoms with van der Waals surface area (Å²) in [6.45, 7) is 0.299. The van der Waals surface area contributed by atoms with E-state index in [9.17, 15) is 17.6 Å². The van der Waals surface area contributed by atoms with Crippen LogP contribution in [0.3, 0.4) is 0 Å². The maximum atomic E-state index is 13.2. The average molecular weight is 346 g/mol. The molecule has 0 saturated carbocycles. The van der Waals surface area contributed by atoms with Crippen molar-refractivity contribution in [2.24, 2.45) is 4.99 Å². The third-order valence-electron chi connectivity index (χ3n) is 3.89. The van der Waals surface area contributed by atoms with Crippen LogP contribution in [0.15, 0.2) is 29.3 Å². The molecule has 134 valence electrons. The Bertz CT molecular complexity index is 573. The predicted molar refractivity (Wildman–Crippen MR) is 85.3 cm³/mol. The molecule has 1 aliphatic heterocycles. The SMILES string of the molecule is CN=C(NC1CCN(CC(F)(F)F)C1)N(C)Cc1cccc(F)c1. The summed E-state index contributed by atoms with van der Waals surface area (Å²) in [5.41, 5.74) is 0.797. The van der Waals surface area contributed by atoms with Crippen LogP contribution in [0.4, 0.5) is 17.6 Å². The smallest absolute Gasteiger partial charge is 0.352 e. The van der Waals surface area contributed by atoms with Gasteiger partial charge in [-0.3, -0.25) is 9.89 Å². The number of guanidine groups is 1. The highest BCUT2D eigenvalue weighted by atomic mass is 19.4. The lowest BCUT2D eigenvalue weighted by molar-refractivity contribution is -0.143. The van der Waals surface area contributed by atoms with Gasteiger partial charge >= 0.3 is 6.18 Å². The van der Waals surface area contributed by atoms with Gasteiger partial charge in [-0.2, -0.15) is 13.2 Å². The van der Waals surface area contributed by atoms with Crippen LogP contribution in [0.2, 0.25) is 0 Å². The standard InChI is InChI=1S/C16H22F4N4/c1-21-15(23(2)9-12-4-3-5-13(17)8-12)22-14-6-7-24(10-14)11-16(18,19)20/h3-5,8,14H,6-7,9-11H2,1-2H3,(H,21,22). The number of benzene rings is 1. The summed E-state index contributed by atoms with van der Waals surface area (Å²) < 4.78 is 50.6. The largest absolute Gasteiger partial charge is 0.401 e. The number of rotatable bonds is 4. The van der Waals surface area contributed by atoms with Gasteiger partial charge in [0.25, 0.3) is 0 Å². The summed E-state index contributed by atoms with van der Waals surface area (Å²) >= 11 is 0. The lowest BCUT2D eigenvalue weighted by atomic mass is 10.2. The fraction of sp³-hybridized carbons (Fsp3) is 0.562. The summed E-state index contributed by atoms with van der Waals surface area (Å²) in [5.74, 6) is 0.278. The molecule has 0 aromatic heterocycles. The van der Waals surface area contributed by atoms with Gasteiger partial charge in [-0.05, 0) is 24.1 Å². The first-order valence-electron chi connectivity index (χ1n) is 7.75. The molecule has 1 saturated heterocycles. The molecule has 8 heteroatoms. The molecule has 4 nitrogen and oxygen atoms in total. The molecule has 0 spiro atoms. The Hall–Kier alpha value is -1.83. The first-order valence-corrected chi connectivity index (χ1v) is 7.75. The number of hydrogen-bond donors (Lipinski definition) is 1. The first-order chi connectivity index (χ1) is 11.3. The van der Waals surface area contributed by atoms with Gasteiger partial charge in [-0.15, -0.1) is 0 Å². The highest BCUT2D eigenvalue weighted by Crippen LogP contribution is 2.20. The molecular weight excluding hydrogens is 324 g/mol. The Labute approximate surface area is 139 Å². The lowest BCUT2D eigenvalue weighted by Crippen LogP contribution is -2.45. The molecule has 0 amide bonds. The summed E-state index contributed by atoms with van der Waals surface area (Å²) in [4.78, 5) is 7.37. The molecular formula is C16H22F4N4. The molecule has 1 aliphatic rings. The van der Waals surface area contributed by atoms with Gasteiger partial charge in [0, 0.05) is 39.8 Å². The number of likely N-dealkylation sites (tertiary alicyclic amines) is 1. The molecule has 1 heterocycles. The second kappa shape index (κ2) is 7.83. The van der Waals surface area contributed by atoms with Crippen molar-refractivity contribution in [1.82, 2.24) is 15.1 Å². The van der Waals surface area contributed by atoms with E-state index >= 15 is 0 Å². The third-order valence-corrected chi connectivity index (χ3v) is 3.89. The zero-order chi connectivity index (χ0) is 17.7. The zero-order valence-electron chi connectivity index (χ0n) is 13.8. The van der Waals surface area contributed by atoms with Crippen molar-refractivity contribution in [2.75, 3.05) is 33.7 Å². The average Bonchev–Trinajstić information content (AvgIpc) is 2.89. The molecule has 24 heavy (non-hydrogen) atoms. The van der Waals surface area contributed by atoms with Gasteiger partial charge in [0.2, 0.25) is 0 Å². The Kier molecular flexibility index (Phi) is 6.04. The topological polar surface area (TPSA) is 30.9 Å². The molecule has 1 fully saturated rings. The van der Waals surface area contributed by atoms with Crippen molar-refractivity contribution < 1.29 is 17.6 Å². The molecule has 1 unspecified atom stereocenters. The molecule has 2 rings (SSSR count). The van der Waals surface area contributed by atoms with Gasteiger partial charge in [0.15, 0.2) is 5.96 Å². The Morgan fingerprint density at radius 3 is 2.79 bits per heavy atom. The van der Waals surface area contributed by atoms with Crippen molar-refractivity contribution in [1.29, 1.82) is 0 Å². The minimum atomic E-state index is -4.18. The zero-order valence-corrected chi connectivity index (χ0v) is 13.8.